The largest absolute Gasteiger partial charge is 0.392 e. The van der Waals surface area contributed by atoms with Crippen LogP contribution in [0, 0.1) is 6.92 Å². The molecule has 0 fully saturated rings. The molecule has 0 aliphatic rings. The quantitative estimate of drug-likeness (QED) is 0.512. The summed E-state index contributed by atoms with van der Waals surface area (Å²) >= 11 is 0. The van der Waals surface area contributed by atoms with E-state index in [1.54, 1.807) is 36.4 Å². The van der Waals surface area contributed by atoms with Gasteiger partial charge in [-0.05, 0) is 47.9 Å². The van der Waals surface area contributed by atoms with Crippen LogP contribution in [-0.4, -0.2) is 17.0 Å². The van der Waals surface area contributed by atoms with Crippen molar-refractivity contribution in [2.24, 2.45) is 0 Å². The number of hydrogen-bond acceptors (Lipinski definition) is 3. The molecule has 0 aliphatic heterocycles. The minimum absolute atomic E-state index is 0.0816. The number of nitrogens with one attached hydrogen (secondary N) is 3. The van der Waals surface area contributed by atoms with Crippen LogP contribution in [0.15, 0.2) is 72.8 Å². The molecule has 0 bridgehead atoms. The van der Waals surface area contributed by atoms with E-state index < -0.39 is 0 Å². The van der Waals surface area contributed by atoms with Crippen molar-refractivity contribution < 1.29 is 14.7 Å². The van der Waals surface area contributed by atoms with Crippen molar-refractivity contribution in [3.05, 3.63) is 95.1 Å². The van der Waals surface area contributed by atoms with Gasteiger partial charge in [-0.3, -0.25) is 4.79 Å². The number of carbonyl (C=O) groups excluding carboxylic acids is 2. The van der Waals surface area contributed by atoms with Crippen molar-refractivity contribution in [1.82, 2.24) is 5.32 Å². The molecule has 3 aromatic carbocycles. The van der Waals surface area contributed by atoms with Crippen LogP contribution in [0.2, 0.25) is 0 Å². The van der Waals surface area contributed by atoms with Gasteiger partial charge in [0.05, 0.1) is 6.61 Å². The second-order valence-corrected chi connectivity index (χ2v) is 6.58. The molecule has 0 aromatic heterocycles. The number of rotatable bonds is 6. The van der Waals surface area contributed by atoms with Crippen LogP contribution in [0.5, 0.6) is 0 Å². The maximum Gasteiger partial charge on any atom is 0.319 e. The molecule has 0 spiro atoms. The summed E-state index contributed by atoms with van der Waals surface area (Å²) in [6.07, 6.45) is 0. The van der Waals surface area contributed by atoms with E-state index in [1.807, 2.05) is 43.3 Å². The van der Waals surface area contributed by atoms with Crippen LogP contribution in [0.25, 0.3) is 0 Å². The molecular weight excluding hydrogens is 366 g/mol. The third-order valence-corrected chi connectivity index (χ3v) is 4.51. The predicted octanol–water partition coefficient (Wildman–Crippen LogP) is 4.06. The highest BCUT2D eigenvalue weighted by Gasteiger charge is 2.09. The number of benzene rings is 3. The van der Waals surface area contributed by atoms with Crippen molar-refractivity contribution in [2.45, 2.75) is 20.1 Å². The zero-order valence-electron chi connectivity index (χ0n) is 16.1. The monoisotopic (exact) mass is 389 g/mol. The van der Waals surface area contributed by atoms with Gasteiger partial charge < -0.3 is 21.1 Å². The Labute approximate surface area is 169 Å². The average Bonchev–Trinajstić information content (AvgIpc) is 2.75. The fourth-order valence-corrected chi connectivity index (χ4v) is 2.85. The van der Waals surface area contributed by atoms with Crippen LogP contribution >= 0.6 is 0 Å². The predicted molar refractivity (Wildman–Crippen MR) is 114 cm³/mol. The molecule has 0 radical (unpaired) electrons. The maximum absolute atomic E-state index is 12.3. The molecule has 148 valence electrons. The Hall–Kier alpha value is -3.64. The highest BCUT2D eigenvalue weighted by atomic mass is 16.3. The Bertz CT molecular complexity index is 1000. The van der Waals surface area contributed by atoms with Crippen molar-refractivity contribution in [2.75, 3.05) is 10.6 Å². The molecule has 29 heavy (non-hydrogen) atoms. The summed E-state index contributed by atoms with van der Waals surface area (Å²) in [5, 5.41) is 17.8. The van der Waals surface area contributed by atoms with Gasteiger partial charge >= 0.3 is 6.03 Å². The number of urea groups is 1. The molecule has 0 unspecified atom stereocenters. The normalized spacial score (nSPS) is 10.3. The summed E-state index contributed by atoms with van der Waals surface area (Å²) in [5.41, 5.74) is 4.24. The molecule has 6 heteroatoms. The van der Waals surface area contributed by atoms with Crippen molar-refractivity contribution >= 4 is 23.3 Å². The van der Waals surface area contributed by atoms with Gasteiger partial charge in [-0.2, -0.15) is 0 Å². The van der Waals surface area contributed by atoms with Gasteiger partial charge in [0, 0.05) is 23.5 Å². The molecule has 3 amide bonds. The second-order valence-electron chi connectivity index (χ2n) is 6.58. The molecule has 6 nitrogen and oxygen atoms in total. The first-order valence-corrected chi connectivity index (χ1v) is 9.26. The Morgan fingerprint density at radius 1 is 0.862 bits per heavy atom. The van der Waals surface area contributed by atoms with E-state index in [1.165, 1.54) is 0 Å². The van der Waals surface area contributed by atoms with E-state index >= 15 is 0 Å². The topological polar surface area (TPSA) is 90.5 Å². The standard InChI is InChI=1S/C23H23N3O3/c1-16-11-12-20(25-22(28)17-7-3-2-4-8-17)13-21(16)26-23(29)24-14-18-9-5-6-10-19(18)15-27/h2-13,27H,14-15H2,1H3,(H,25,28)(H2,24,26,29). The number of amides is 3. The highest BCUT2D eigenvalue weighted by Crippen LogP contribution is 2.21. The Morgan fingerprint density at radius 2 is 1.55 bits per heavy atom. The summed E-state index contributed by atoms with van der Waals surface area (Å²) in [6, 6.07) is 21.3. The fourth-order valence-electron chi connectivity index (χ4n) is 2.85. The van der Waals surface area contributed by atoms with E-state index in [-0.39, 0.29) is 18.5 Å². The van der Waals surface area contributed by atoms with Crippen LogP contribution in [0.4, 0.5) is 16.2 Å². The lowest BCUT2D eigenvalue weighted by molar-refractivity contribution is 0.102. The second kappa shape index (κ2) is 9.52. The zero-order chi connectivity index (χ0) is 20.6. The van der Waals surface area contributed by atoms with Crippen LogP contribution < -0.4 is 16.0 Å². The average molecular weight is 389 g/mol. The molecule has 4 N–H and O–H groups in total. The molecule has 3 rings (SSSR count). The van der Waals surface area contributed by atoms with Crippen LogP contribution in [0.3, 0.4) is 0 Å². The summed E-state index contributed by atoms with van der Waals surface area (Å²) in [7, 11) is 0. The third-order valence-electron chi connectivity index (χ3n) is 4.51. The first kappa shape index (κ1) is 20.1. The molecule has 0 atom stereocenters. The van der Waals surface area contributed by atoms with Gasteiger partial charge in [-0.15, -0.1) is 0 Å². The molecular formula is C23H23N3O3. The van der Waals surface area contributed by atoms with E-state index in [2.05, 4.69) is 16.0 Å². The van der Waals surface area contributed by atoms with Crippen LogP contribution in [0.1, 0.15) is 27.0 Å². The van der Waals surface area contributed by atoms with Crippen molar-refractivity contribution in [3.63, 3.8) is 0 Å². The van der Waals surface area contributed by atoms with Gasteiger partial charge in [0.15, 0.2) is 0 Å². The summed E-state index contributed by atoms with van der Waals surface area (Å²) in [4.78, 5) is 24.6. The van der Waals surface area contributed by atoms with Gasteiger partial charge in [-0.1, -0.05) is 48.5 Å². The minimum atomic E-state index is -0.368. The number of aryl methyl sites for hydroxylation is 1. The first-order valence-electron chi connectivity index (χ1n) is 9.26. The number of hydrogen-bond donors (Lipinski definition) is 4. The van der Waals surface area contributed by atoms with E-state index in [0.717, 1.165) is 16.7 Å². The van der Waals surface area contributed by atoms with E-state index in [4.69, 9.17) is 0 Å². The molecule has 0 saturated heterocycles. The third kappa shape index (κ3) is 5.43. The zero-order valence-corrected chi connectivity index (χ0v) is 16.1. The minimum Gasteiger partial charge on any atom is -0.392 e. The van der Waals surface area contributed by atoms with Gasteiger partial charge in [0.25, 0.3) is 5.91 Å². The SMILES string of the molecule is Cc1ccc(NC(=O)c2ccccc2)cc1NC(=O)NCc1ccccc1CO. The molecule has 0 heterocycles. The number of aliphatic hydroxyl groups excluding tert-OH is 1. The van der Waals surface area contributed by atoms with Gasteiger partial charge in [0.1, 0.15) is 0 Å². The summed E-state index contributed by atoms with van der Waals surface area (Å²) in [5.74, 6) is -0.217. The molecule has 3 aromatic rings. The Balaban J connectivity index is 1.63. The maximum atomic E-state index is 12.3. The van der Waals surface area contributed by atoms with E-state index in [9.17, 15) is 14.7 Å². The number of aliphatic hydroxyl groups is 1. The summed E-state index contributed by atoms with van der Waals surface area (Å²) < 4.78 is 0. The fraction of sp³-hybridized carbons (Fsp3) is 0.130. The summed E-state index contributed by atoms with van der Waals surface area (Å²) in [6.45, 7) is 2.09. The van der Waals surface area contributed by atoms with Crippen molar-refractivity contribution in [3.8, 4) is 0 Å². The Morgan fingerprint density at radius 3 is 2.28 bits per heavy atom. The van der Waals surface area contributed by atoms with Crippen molar-refractivity contribution in [1.29, 1.82) is 0 Å². The lowest BCUT2D eigenvalue weighted by Crippen LogP contribution is -2.29. The Kier molecular flexibility index (Phi) is 6.60. The molecule has 0 saturated carbocycles. The lowest BCUT2D eigenvalue weighted by atomic mass is 10.1. The smallest absolute Gasteiger partial charge is 0.319 e. The van der Waals surface area contributed by atoms with Gasteiger partial charge in [-0.25, -0.2) is 4.79 Å². The number of anilines is 2. The van der Waals surface area contributed by atoms with E-state index in [0.29, 0.717) is 23.5 Å². The van der Waals surface area contributed by atoms with Gasteiger partial charge in [0.2, 0.25) is 0 Å². The first-order chi connectivity index (χ1) is 14.1. The molecule has 0 aliphatic carbocycles. The lowest BCUT2D eigenvalue weighted by Gasteiger charge is -2.13. The number of carbonyl (C=O) groups is 2. The highest BCUT2D eigenvalue weighted by molar-refractivity contribution is 6.04. The van der Waals surface area contributed by atoms with Crippen LogP contribution in [-0.2, 0) is 13.2 Å².